The minimum absolute atomic E-state index is 0.895. The first kappa shape index (κ1) is 14.1. The summed E-state index contributed by atoms with van der Waals surface area (Å²) in [4.78, 5) is 12.3. The fourth-order valence-corrected chi connectivity index (χ4v) is 2.39. The number of pyridine rings is 2. The van der Waals surface area contributed by atoms with Gasteiger partial charge in [-0.2, -0.15) is 0 Å². The summed E-state index contributed by atoms with van der Waals surface area (Å²) in [5, 5.41) is 4.24. The molecule has 0 unspecified atom stereocenters. The molecule has 0 fully saturated rings. The van der Waals surface area contributed by atoms with E-state index in [-0.39, 0.29) is 0 Å². The van der Waals surface area contributed by atoms with E-state index in [1.165, 1.54) is 0 Å². The van der Waals surface area contributed by atoms with E-state index in [4.69, 9.17) is 4.98 Å². The molecule has 0 saturated carbocycles. The Hall–Kier alpha value is -2.88. The number of aromatic amines is 1. The standard InChI is InChI=1S/C18H18N4/c1-4-13-5-6-16(22-17(13)9-12(2)19-3)15-10-20-11-18-14(15)7-8-21-18/h4-11,19,21H,1H2,2-3H3/b12-9+. The molecule has 3 heterocycles. The van der Waals surface area contributed by atoms with Crippen molar-refractivity contribution in [3.8, 4) is 11.3 Å². The van der Waals surface area contributed by atoms with Gasteiger partial charge >= 0.3 is 0 Å². The summed E-state index contributed by atoms with van der Waals surface area (Å²) in [7, 11) is 1.90. The Morgan fingerprint density at radius 2 is 2.14 bits per heavy atom. The Morgan fingerprint density at radius 3 is 2.91 bits per heavy atom. The van der Waals surface area contributed by atoms with Gasteiger partial charge in [0, 0.05) is 36.1 Å². The lowest BCUT2D eigenvalue weighted by Gasteiger charge is -2.08. The molecule has 3 aromatic rings. The molecule has 0 bridgehead atoms. The van der Waals surface area contributed by atoms with Crippen LogP contribution in [0.25, 0.3) is 34.3 Å². The molecule has 0 aliphatic carbocycles. The van der Waals surface area contributed by atoms with Gasteiger partial charge in [-0.15, -0.1) is 0 Å². The van der Waals surface area contributed by atoms with Crippen LogP contribution in [0.2, 0.25) is 0 Å². The highest BCUT2D eigenvalue weighted by atomic mass is 14.8. The largest absolute Gasteiger partial charge is 0.392 e. The number of nitrogens with zero attached hydrogens (tertiary/aromatic N) is 2. The number of fused-ring (bicyclic) bond motifs is 1. The Labute approximate surface area is 129 Å². The van der Waals surface area contributed by atoms with Gasteiger partial charge in [-0.25, -0.2) is 4.98 Å². The highest BCUT2D eigenvalue weighted by molar-refractivity contribution is 5.93. The summed E-state index contributed by atoms with van der Waals surface area (Å²) in [5.74, 6) is 0. The zero-order valence-corrected chi connectivity index (χ0v) is 12.7. The first-order valence-electron chi connectivity index (χ1n) is 7.14. The average molecular weight is 290 g/mol. The van der Waals surface area contributed by atoms with E-state index in [0.29, 0.717) is 0 Å². The number of hydrogen-bond acceptors (Lipinski definition) is 3. The van der Waals surface area contributed by atoms with Crippen molar-refractivity contribution in [2.45, 2.75) is 6.92 Å². The normalized spacial score (nSPS) is 11.6. The molecule has 0 aliphatic rings. The van der Waals surface area contributed by atoms with Gasteiger partial charge in [-0.3, -0.25) is 4.98 Å². The van der Waals surface area contributed by atoms with Crippen molar-refractivity contribution in [3.05, 3.63) is 60.3 Å². The van der Waals surface area contributed by atoms with Gasteiger partial charge in [-0.05, 0) is 30.7 Å². The lowest BCUT2D eigenvalue weighted by atomic mass is 10.1. The molecule has 0 spiro atoms. The summed E-state index contributed by atoms with van der Waals surface area (Å²) in [5.41, 5.74) is 5.88. The Kier molecular flexibility index (Phi) is 3.74. The lowest BCUT2D eigenvalue weighted by Crippen LogP contribution is -2.02. The summed E-state index contributed by atoms with van der Waals surface area (Å²) in [6.07, 6.45) is 9.43. The molecule has 110 valence electrons. The molecule has 0 aliphatic heterocycles. The van der Waals surface area contributed by atoms with Crippen LogP contribution in [-0.4, -0.2) is 22.0 Å². The first-order chi connectivity index (χ1) is 10.7. The molecular formula is C18H18N4. The number of hydrogen-bond donors (Lipinski definition) is 2. The second-order valence-corrected chi connectivity index (χ2v) is 5.08. The fraction of sp³-hybridized carbons (Fsp3) is 0.111. The Morgan fingerprint density at radius 1 is 1.27 bits per heavy atom. The van der Waals surface area contributed by atoms with E-state index in [2.05, 4.69) is 21.9 Å². The molecular weight excluding hydrogens is 272 g/mol. The van der Waals surface area contributed by atoms with E-state index in [1.54, 1.807) is 0 Å². The van der Waals surface area contributed by atoms with Crippen LogP contribution < -0.4 is 5.32 Å². The minimum Gasteiger partial charge on any atom is -0.392 e. The van der Waals surface area contributed by atoms with Gasteiger partial charge < -0.3 is 10.3 Å². The smallest absolute Gasteiger partial charge is 0.0732 e. The summed E-state index contributed by atoms with van der Waals surface area (Å²) in [6.45, 7) is 5.87. The Balaban J connectivity index is 2.18. The van der Waals surface area contributed by atoms with E-state index >= 15 is 0 Å². The maximum atomic E-state index is 4.79. The highest BCUT2D eigenvalue weighted by Gasteiger charge is 2.08. The average Bonchev–Trinajstić information content (AvgIpc) is 3.03. The zero-order chi connectivity index (χ0) is 15.5. The molecule has 0 radical (unpaired) electrons. The summed E-state index contributed by atoms with van der Waals surface area (Å²) < 4.78 is 0. The van der Waals surface area contributed by atoms with Gasteiger partial charge in [-0.1, -0.05) is 18.7 Å². The van der Waals surface area contributed by atoms with Crippen LogP contribution >= 0.6 is 0 Å². The highest BCUT2D eigenvalue weighted by Crippen LogP contribution is 2.27. The molecule has 4 heteroatoms. The minimum atomic E-state index is 0.895. The van der Waals surface area contributed by atoms with Crippen LogP contribution in [-0.2, 0) is 0 Å². The molecule has 2 N–H and O–H groups in total. The van der Waals surface area contributed by atoms with Crippen molar-refractivity contribution < 1.29 is 0 Å². The van der Waals surface area contributed by atoms with Crippen LogP contribution in [0.15, 0.2) is 49.1 Å². The van der Waals surface area contributed by atoms with Gasteiger partial charge in [0.25, 0.3) is 0 Å². The maximum Gasteiger partial charge on any atom is 0.0732 e. The number of H-pyrrole nitrogens is 1. The predicted octanol–water partition coefficient (Wildman–Crippen LogP) is 3.85. The van der Waals surface area contributed by atoms with E-state index in [0.717, 1.165) is 39.1 Å². The van der Waals surface area contributed by atoms with E-state index in [9.17, 15) is 0 Å². The number of aromatic nitrogens is 3. The lowest BCUT2D eigenvalue weighted by molar-refractivity contribution is 1.000. The van der Waals surface area contributed by atoms with Crippen LogP contribution in [0.5, 0.6) is 0 Å². The number of allylic oxidation sites excluding steroid dienone is 1. The second kappa shape index (κ2) is 5.85. The number of rotatable bonds is 4. The van der Waals surface area contributed by atoms with Crippen molar-refractivity contribution in [2.24, 2.45) is 0 Å². The molecule has 4 nitrogen and oxygen atoms in total. The van der Waals surface area contributed by atoms with Gasteiger partial charge in [0.05, 0.1) is 23.1 Å². The van der Waals surface area contributed by atoms with Gasteiger partial charge in [0.1, 0.15) is 0 Å². The van der Waals surface area contributed by atoms with Crippen molar-refractivity contribution in [2.75, 3.05) is 7.05 Å². The van der Waals surface area contributed by atoms with E-state index in [1.807, 2.05) is 62.9 Å². The van der Waals surface area contributed by atoms with Gasteiger partial charge in [0.15, 0.2) is 0 Å². The third-order valence-electron chi connectivity index (χ3n) is 3.68. The third-order valence-corrected chi connectivity index (χ3v) is 3.68. The van der Waals surface area contributed by atoms with Crippen LogP contribution in [0.4, 0.5) is 0 Å². The monoisotopic (exact) mass is 290 g/mol. The topological polar surface area (TPSA) is 53.6 Å². The van der Waals surface area contributed by atoms with Crippen LogP contribution in [0, 0.1) is 0 Å². The first-order valence-corrected chi connectivity index (χ1v) is 7.14. The Bertz CT molecular complexity index is 858. The van der Waals surface area contributed by atoms with Crippen LogP contribution in [0.1, 0.15) is 18.2 Å². The van der Waals surface area contributed by atoms with Crippen molar-refractivity contribution >= 4 is 23.1 Å². The summed E-state index contributed by atoms with van der Waals surface area (Å²) in [6, 6.07) is 6.09. The van der Waals surface area contributed by atoms with Crippen LogP contribution in [0.3, 0.4) is 0 Å². The van der Waals surface area contributed by atoms with E-state index < -0.39 is 0 Å². The number of nitrogens with one attached hydrogen (secondary N) is 2. The molecule has 0 amide bonds. The SMILES string of the molecule is C=Cc1ccc(-c2cncc3[nH]ccc23)nc1/C=C(\C)NC. The third kappa shape index (κ3) is 2.51. The van der Waals surface area contributed by atoms with Crippen molar-refractivity contribution in [1.29, 1.82) is 0 Å². The molecule has 0 aromatic carbocycles. The molecule has 3 aromatic heterocycles. The summed E-state index contributed by atoms with van der Waals surface area (Å²) >= 11 is 0. The predicted molar refractivity (Wildman–Crippen MR) is 92.1 cm³/mol. The van der Waals surface area contributed by atoms with Gasteiger partial charge in [0.2, 0.25) is 0 Å². The quantitative estimate of drug-likeness (QED) is 0.767. The molecule has 0 saturated heterocycles. The maximum absolute atomic E-state index is 4.79. The fourth-order valence-electron chi connectivity index (χ4n) is 2.39. The molecule has 0 atom stereocenters. The molecule has 3 rings (SSSR count). The zero-order valence-electron chi connectivity index (χ0n) is 12.7. The van der Waals surface area contributed by atoms with Crippen molar-refractivity contribution in [3.63, 3.8) is 0 Å². The molecule has 22 heavy (non-hydrogen) atoms. The van der Waals surface area contributed by atoms with Crippen molar-refractivity contribution in [1.82, 2.24) is 20.3 Å². The second-order valence-electron chi connectivity index (χ2n) is 5.08.